The van der Waals surface area contributed by atoms with Crippen LogP contribution in [0.25, 0.3) is 5.69 Å². The van der Waals surface area contributed by atoms with E-state index in [0.29, 0.717) is 5.92 Å². The third-order valence-electron chi connectivity index (χ3n) is 4.14. The van der Waals surface area contributed by atoms with Gasteiger partial charge in [0.2, 0.25) is 0 Å². The van der Waals surface area contributed by atoms with Gasteiger partial charge in [0.1, 0.15) is 11.4 Å². The second kappa shape index (κ2) is 5.67. The van der Waals surface area contributed by atoms with Crippen molar-refractivity contribution in [1.82, 2.24) is 15.1 Å². The highest BCUT2D eigenvalue weighted by Crippen LogP contribution is 2.30. The van der Waals surface area contributed by atoms with Crippen LogP contribution >= 0.6 is 0 Å². The van der Waals surface area contributed by atoms with Crippen LogP contribution in [0.5, 0.6) is 5.75 Å². The molecule has 1 aliphatic rings. The molecule has 1 saturated heterocycles. The molecule has 1 aromatic carbocycles. The Morgan fingerprint density at radius 3 is 2.75 bits per heavy atom. The average Bonchev–Trinajstić information content (AvgIpc) is 2.89. The van der Waals surface area contributed by atoms with Gasteiger partial charge in [-0.1, -0.05) is 12.1 Å². The third kappa shape index (κ3) is 2.31. The summed E-state index contributed by atoms with van der Waals surface area (Å²) >= 11 is 0. The van der Waals surface area contributed by atoms with E-state index in [9.17, 15) is 0 Å². The lowest BCUT2D eigenvalue weighted by Gasteiger charge is -2.22. The average molecular weight is 271 g/mol. The maximum Gasteiger partial charge on any atom is 0.144 e. The molecule has 20 heavy (non-hydrogen) atoms. The predicted molar refractivity (Wildman–Crippen MR) is 79.7 cm³/mol. The summed E-state index contributed by atoms with van der Waals surface area (Å²) in [6.45, 7) is 4.35. The number of methoxy groups -OCH3 is 1. The maximum atomic E-state index is 5.44. The number of nitrogens with zero attached hydrogens (tertiary/aromatic N) is 2. The SMILES string of the molecule is COc1ccccc1-n1ncc(C2CCNCC2)c1C. The van der Waals surface area contributed by atoms with E-state index in [0.717, 1.165) is 24.5 Å². The molecule has 3 rings (SSSR count). The first-order valence-electron chi connectivity index (χ1n) is 7.20. The zero-order valence-corrected chi connectivity index (χ0v) is 12.1. The molecule has 0 spiro atoms. The van der Waals surface area contributed by atoms with Crippen molar-refractivity contribution in [3.05, 3.63) is 41.7 Å². The molecule has 0 radical (unpaired) electrons. The van der Waals surface area contributed by atoms with Crippen molar-refractivity contribution in [3.8, 4) is 11.4 Å². The minimum atomic E-state index is 0.625. The van der Waals surface area contributed by atoms with Gasteiger partial charge in [0.15, 0.2) is 0 Å². The van der Waals surface area contributed by atoms with Gasteiger partial charge in [-0.25, -0.2) is 4.68 Å². The Labute approximate surface area is 119 Å². The van der Waals surface area contributed by atoms with Crippen LogP contribution in [0.4, 0.5) is 0 Å². The van der Waals surface area contributed by atoms with Crippen LogP contribution in [-0.2, 0) is 0 Å². The first-order chi connectivity index (χ1) is 9.81. The lowest BCUT2D eigenvalue weighted by atomic mass is 9.91. The summed E-state index contributed by atoms with van der Waals surface area (Å²) in [5.74, 6) is 1.48. The van der Waals surface area contributed by atoms with E-state index in [-0.39, 0.29) is 0 Å². The molecule has 0 bridgehead atoms. The molecule has 0 atom stereocenters. The number of piperidine rings is 1. The van der Waals surface area contributed by atoms with Crippen molar-refractivity contribution < 1.29 is 4.74 Å². The summed E-state index contributed by atoms with van der Waals surface area (Å²) in [4.78, 5) is 0. The number of para-hydroxylation sites is 2. The van der Waals surface area contributed by atoms with Gasteiger partial charge in [-0.2, -0.15) is 5.10 Å². The summed E-state index contributed by atoms with van der Waals surface area (Å²) in [6.07, 6.45) is 4.41. The molecule has 106 valence electrons. The summed E-state index contributed by atoms with van der Waals surface area (Å²) in [5.41, 5.74) is 3.60. The zero-order chi connectivity index (χ0) is 13.9. The fraction of sp³-hybridized carbons (Fsp3) is 0.438. The van der Waals surface area contributed by atoms with Gasteiger partial charge in [-0.3, -0.25) is 0 Å². The standard InChI is InChI=1S/C16H21N3O/c1-12-14(13-7-9-17-10-8-13)11-18-19(12)15-5-3-4-6-16(15)20-2/h3-6,11,13,17H,7-10H2,1-2H3. The second-order valence-corrected chi connectivity index (χ2v) is 5.29. The largest absolute Gasteiger partial charge is 0.494 e. The van der Waals surface area contributed by atoms with Gasteiger partial charge in [0.05, 0.1) is 13.3 Å². The van der Waals surface area contributed by atoms with Gasteiger partial charge >= 0.3 is 0 Å². The fourth-order valence-electron chi connectivity index (χ4n) is 3.00. The van der Waals surface area contributed by atoms with Crippen LogP contribution in [0.3, 0.4) is 0 Å². The Morgan fingerprint density at radius 1 is 1.25 bits per heavy atom. The van der Waals surface area contributed by atoms with Crippen LogP contribution in [0, 0.1) is 6.92 Å². The molecule has 4 nitrogen and oxygen atoms in total. The first-order valence-corrected chi connectivity index (χ1v) is 7.20. The third-order valence-corrected chi connectivity index (χ3v) is 4.14. The number of hydrogen-bond donors (Lipinski definition) is 1. The summed E-state index contributed by atoms with van der Waals surface area (Å²) < 4.78 is 7.43. The quantitative estimate of drug-likeness (QED) is 0.933. The van der Waals surface area contributed by atoms with E-state index in [4.69, 9.17) is 4.74 Å². The van der Waals surface area contributed by atoms with Crippen LogP contribution < -0.4 is 10.1 Å². The van der Waals surface area contributed by atoms with Gasteiger partial charge in [0, 0.05) is 5.69 Å². The monoisotopic (exact) mass is 271 g/mol. The number of aromatic nitrogens is 2. The van der Waals surface area contributed by atoms with Crippen molar-refractivity contribution >= 4 is 0 Å². The molecule has 1 N–H and O–H groups in total. The van der Waals surface area contributed by atoms with Crippen molar-refractivity contribution in [1.29, 1.82) is 0 Å². The zero-order valence-electron chi connectivity index (χ0n) is 12.1. The lowest BCUT2D eigenvalue weighted by molar-refractivity contribution is 0.411. The minimum Gasteiger partial charge on any atom is -0.494 e. The van der Waals surface area contributed by atoms with Crippen molar-refractivity contribution in [2.45, 2.75) is 25.7 Å². The van der Waals surface area contributed by atoms with E-state index in [1.165, 1.54) is 24.1 Å². The molecule has 1 aromatic heterocycles. The molecule has 0 unspecified atom stereocenters. The van der Waals surface area contributed by atoms with Crippen molar-refractivity contribution in [2.24, 2.45) is 0 Å². The van der Waals surface area contributed by atoms with Gasteiger partial charge in [-0.05, 0) is 56.5 Å². The van der Waals surface area contributed by atoms with E-state index in [1.807, 2.05) is 35.1 Å². The van der Waals surface area contributed by atoms with Gasteiger partial charge in [-0.15, -0.1) is 0 Å². The Morgan fingerprint density at radius 2 is 2.00 bits per heavy atom. The smallest absolute Gasteiger partial charge is 0.144 e. The fourth-order valence-corrected chi connectivity index (χ4v) is 3.00. The van der Waals surface area contributed by atoms with E-state index < -0.39 is 0 Å². The van der Waals surface area contributed by atoms with Gasteiger partial charge in [0.25, 0.3) is 0 Å². The molecule has 0 aliphatic carbocycles. The van der Waals surface area contributed by atoms with Crippen LogP contribution in [0.1, 0.15) is 30.0 Å². The number of nitrogens with one attached hydrogen (secondary N) is 1. The highest BCUT2D eigenvalue weighted by atomic mass is 16.5. The maximum absolute atomic E-state index is 5.44. The molecule has 0 amide bonds. The molecule has 4 heteroatoms. The highest BCUT2D eigenvalue weighted by molar-refractivity contribution is 5.47. The van der Waals surface area contributed by atoms with Crippen molar-refractivity contribution in [3.63, 3.8) is 0 Å². The molecular formula is C16H21N3O. The number of hydrogen-bond acceptors (Lipinski definition) is 3. The molecule has 1 fully saturated rings. The summed E-state index contributed by atoms with van der Waals surface area (Å²) in [6, 6.07) is 8.02. The molecule has 1 aliphatic heterocycles. The molecule has 0 saturated carbocycles. The second-order valence-electron chi connectivity index (χ2n) is 5.29. The van der Waals surface area contributed by atoms with Crippen molar-refractivity contribution in [2.75, 3.05) is 20.2 Å². The molecule has 2 heterocycles. The number of ether oxygens (including phenoxy) is 1. The van der Waals surface area contributed by atoms with E-state index in [1.54, 1.807) is 7.11 Å². The van der Waals surface area contributed by atoms with Gasteiger partial charge < -0.3 is 10.1 Å². The Bertz CT molecular complexity index is 585. The Balaban J connectivity index is 1.97. The van der Waals surface area contributed by atoms with Crippen LogP contribution in [0.15, 0.2) is 30.5 Å². The summed E-state index contributed by atoms with van der Waals surface area (Å²) in [5, 5.41) is 8.00. The topological polar surface area (TPSA) is 39.1 Å². The predicted octanol–water partition coefficient (Wildman–Crippen LogP) is 2.66. The normalized spacial score (nSPS) is 16.3. The minimum absolute atomic E-state index is 0.625. The van der Waals surface area contributed by atoms with E-state index >= 15 is 0 Å². The lowest BCUT2D eigenvalue weighted by Crippen LogP contribution is -2.26. The van der Waals surface area contributed by atoms with Crippen LogP contribution in [-0.4, -0.2) is 30.0 Å². The Hall–Kier alpha value is -1.81. The Kier molecular flexibility index (Phi) is 3.74. The van der Waals surface area contributed by atoms with E-state index in [2.05, 4.69) is 17.3 Å². The first kappa shape index (κ1) is 13.2. The number of benzene rings is 1. The number of rotatable bonds is 3. The molecular weight excluding hydrogens is 250 g/mol. The summed E-state index contributed by atoms with van der Waals surface area (Å²) in [7, 11) is 1.70. The molecule has 2 aromatic rings. The van der Waals surface area contributed by atoms with Crippen LogP contribution in [0.2, 0.25) is 0 Å². The highest BCUT2D eigenvalue weighted by Gasteiger charge is 2.21.